The van der Waals surface area contributed by atoms with Crippen molar-refractivity contribution < 1.29 is 9.59 Å². The predicted molar refractivity (Wildman–Crippen MR) is 129 cm³/mol. The van der Waals surface area contributed by atoms with Gasteiger partial charge in [0.25, 0.3) is 0 Å². The maximum absolute atomic E-state index is 13.2. The van der Waals surface area contributed by atoms with E-state index in [1.54, 1.807) is 6.92 Å². The highest BCUT2D eigenvalue weighted by Crippen LogP contribution is 2.32. The molecule has 0 aromatic carbocycles. The molecule has 2 aliphatic rings. The number of anilines is 2. The fourth-order valence-corrected chi connectivity index (χ4v) is 4.80. The van der Waals surface area contributed by atoms with Gasteiger partial charge in [-0.05, 0) is 45.6 Å². The van der Waals surface area contributed by atoms with E-state index in [1.165, 1.54) is 0 Å². The number of piperidine rings is 1. The van der Waals surface area contributed by atoms with Crippen LogP contribution in [0.15, 0.2) is 6.07 Å². The second-order valence-electron chi connectivity index (χ2n) is 9.05. The van der Waals surface area contributed by atoms with Crippen LogP contribution in [-0.2, 0) is 22.6 Å². The number of hydrogen-bond acceptors (Lipinski definition) is 8. The first kappa shape index (κ1) is 23.8. The van der Waals surface area contributed by atoms with Gasteiger partial charge >= 0.3 is 0 Å². The van der Waals surface area contributed by atoms with E-state index in [0.717, 1.165) is 54.1 Å². The minimum atomic E-state index is -0.163. The van der Waals surface area contributed by atoms with Gasteiger partial charge in [-0.25, -0.2) is 19.9 Å². The Kier molecular flexibility index (Phi) is 7.23. The van der Waals surface area contributed by atoms with Gasteiger partial charge in [0.05, 0.1) is 18.3 Å². The second-order valence-corrected chi connectivity index (χ2v) is 9.05. The Hall–Kier alpha value is -3.30. The summed E-state index contributed by atoms with van der Waals surface area (Å²) in [4.78, 5) is 47.3. The summed E-state index contributed by atoms with van der Waals surface area (Å²) in [5.41, 5.74) is 3.73. The lowest BCUT2D eigenvalue weighted by Gasteiger charge is -2.36. The molecule has 10 heteroatoms. The van der Waals surface area contributed by atoms with Gasteiger partial charge < -0.3 is 20.4 Å². The molecule has 182 valence electrons. The smallest absolute Gasteiger partial charge is 0.224 e. The van der Waals surface area contributed by atoms with E-state index in [4.69, 9.17) is 9.97 Å². The molecule has 1 unspecified atom stereocenters. The average molecular weight is 467 g/mol. The van der Waals surface area contributed by atoms with Crippen molar-refractivity contribution in [3.63, 3.8) is 0 Å². The highest BCUT2D eigenvalue weighted by Gasteiger charge is 2.32. The maximum Gasteiger partial charge on any atom is 0.224 e. The van der Waals surface area contributed by atoms with Crippen LogP contribution < -0.4 is 10.6 Å². The van der Waals surface area contributed by atoms with Crippen LogP contribution in [0.2, 0.25) is 0 Å². The molecule has 10 nitrogen and oxygen atoms in total. The fraction of sp³-hybridized carbons (Fsp3) is 0.583. The van der Waals surface area contributed by atoms with Gasteiger partial charge in [-0.15, -0.1) is 0 Å². The summed E-state index contributed by atoms with van der Waals surface area (Å²) >= 11 is 0. The summed E-state index contributed by atoms with van der Waals surface area (Å²) in [6.07, 6.45) is 3.90. The number of likely N-dealkylation sites (tertiary alicyclic amines) is 1. The molecule has 2 amide bonds. The first-order chi connectivity index (χ1) is 16.4. The Labute approximate surface area is 200 Å². The number of aryl methyl sites for hydroxylation is 2. The van der Waals surface area contributed by atoms with Crippen LogP contribution in [-0.4, -0.2) is 68.2 Å². The zero-order chi connectivity index (χ0) is 24.2. The molecular weight excluding hydrogens is 432 g/mol. The molecule has 4 heterocycles. The van der Waals surface area contributed by atoms with Crippen molar-refractivity contribution in [3.8, 4) is 0 Å². The highest BCUT2D eigenvalue weighted by molar-refractivity contribution is 5.77. The van der Waals surface area contributed by atoms with Crippen LogP contribution in [0.1, 0.15) is 67.1 Å². The van der Waals surface area contributed by atoms with Gasteiger partial charge in [0, 0.05) is 57.0 Å². The predicted octanol–water partition coefficient (Wildman–Crippen LogP) is 2.39. The van der Waals surface area contributed by atoms with Gasteiger partial charge in [0.1, 0.15) is 5.82 Å². The molecule has 0 bridgehead atoms. The minimum Gasteiger partial charge on any atom is -0.373 e. The second kappa shape index (κ2) is 10.3. The highest BCUT2D eigenvalue weighted by atomic mass is 16.2. The molecule has 34 heavy (non-hydrogen) atoms. The largest absolute Gasteiger partial charge is 0.373 e. The number of carbonyl (C=O) groups excluding carboxylic acids is 2. The Morgan fingerprint density at radius 1 is 1.09 bits per heavy atom. The van der Waals surface area contributed by atoms with E-state index >= 15 is 0 Å². The monoisotopic (exact) mass is 466 g/mol. The quantitative estimate of drug-likeness (QED) is 0.667. The van der Waals surface area contributed by atoms with Gasteiger partial charge in [-0.3, -0.25) is 9.59 Å². The summed E-state index contributed by atoms with van der Waals surface area (Å²) in [5.74, 6) is 2.13. The zero-order valence-electron chi connectivity index (χ0n) is 20.5. The van der Waals surface area contributed by atoms with E-state index in [-0.39, 0.29) is 17.9 Å². The first-order valence-corrected chi connectivity index (χ1v) is 12.0. The number of nitrogens with zero attached hydrogens (tertiary/aromatic N) is 6. The lowest BCUT2D eigenvalue weighted by molar-refractivity contribution is -0.135. The molecule has 0 saturated carbocycles. The molecular formula is C24H34N8O2. The maximum atomic E-state index is 13.2. The molecule has 4 rings (SSSR count). The van der Waals surface area contributed by atoms with Crippen LogP contribution in [0.5, 0.6) is 0 Å². The number of carbonyl (C=O) groups is 2. The first-order valence-electron chi connectivity index (χ1n) is 12.0. The van der Waals surface area contributed by atoms with Crippen molar-refractivity contribution in [1.82, 2.24) is 29.7 Å². The Morgan fingerprint density at radius 3 is 2.56 bits per heavy atom. The van der Waals surface area contributed by atoms with Crippen molar-refractivity contribution >= 4 is 23.6 Å². The third kappa shape index (κ3) is 5.26. The molecule has 0 aliphatic carbocycles. The molecule has 2 aliphatic heterocycles. The van der Waals surface area contributed by atoms with Gasteiger partial charge in [-0.2, -0.15) is 0 Å². The lowest BCUT2D eigenvalue weighted by Crippen LogP contribution is -2.41. The van der Waals surface area contributed by atoms with Crippen LogP contribution in [0, 0.1) is 13.8 Å². The minimum absolute atomic E-state index is 0.0478. The van der Waals surface area contributed by atoms with Gasteiger partial charge in [-0.1, -0.05) is 0 Å². The van der Waals surface area contributed by atoms with E-state index in [9.17, 15) is 9.59 Å². The number of amides is 2. The molecule has 2 aromatic heterocycles. The number of fused-ring (bicyclic) bond motifs is 1. The van der Waals surface area contributed by atoms with Gasteiger partial charge in [0.2, 0.25) is 17.8 Å². The molecule has 2 N–H and O–H groups in total. The van der Waals surface area contributed by atoms with Crippen molar-refractivity contribution in [2.24, 2.45) is 0 Å². The molecule has 1 atom stereocenters. The van der Waals surface area contributed by atoms with Gasteiger partial charge in [0.15, 0.2) is 5.82 Å². The Balaban J connectivity index is 1.49. The number of aromatic nitrogens is 4. The topological polar surface area (TPSA) is 116 Å². The summed E-state index contributed by atoms with van der Waals surface area (Å²) in [7, 11) is 1.86. The van der Waals surface area contributed by atoms with Crippen LogP contribution in [0.3, 0.4) is 0 Å². The zero-order valence-corrected chi connectivity index (χ0v) is 20.5. The summed E-state index contributed by atoms with van der Waals surface area (Å²) in [5, 5.41) is 6.38. The summed E-state index contributed by atoms with van der Waals surface area (Å²) in [6.45, 7) is 7.75. The molecule has 1 saturated heterocycles. The molecule has 0 spiro atoms. The summed E-state index contributed by atoms with van der Waals surface area (Å²) < 4.78 is 0. The van der Waals surface area contributed by atoms with Crippen LogP contribution in [0.25, 0.3) is 0 Å². The van der Waals surface area contributed by atoms with Crippen molar-refractivity contribution in [3.05, 3.63) is 34.5 Å². The van der Waals surface area contributed by atoms with E-state index in [0.29, 0.717) is 44.4 Å². The Bertz CT molecular complexity index is 1050. The number of rotatable bonds is 6. The number of nitrogens with one attached hydrogen (secondary N) is 2. The fourth-order valence-electron chi connectivity index (χ4n) is 4.80. The van der Waals surface area contributed by atoms with Crippen LogP contribution >= 0.6 is 0 Å². The molecule has 2 aromatic rings. The third-order valence-electron chi connectivity index (χ3n) is 6.49. The standard InChI is InChI=1S/C24H34N8O2/c1-15-13-16(2)28-24(27-15)26-10-8-21(34)32-11-6-5-7-20(32)23-29-19-14-31(17(3)33)12-9-18(19)22(25-4)30-23/h13,20H,5-12,14H2,1-4H3,(H,25,29,30)(H,26,27,28). The lowest BCUT2D eigenvalue weighted by atomic mass is 9.99. The van der Waals surface area contributed by atoms with Crippen LogP contribution in [0.4, 0.5) is 11.8 Å². The molecule has 0 radical (unpaired) electrons. The van der Waals surface area contributed by atoms with Crippen molar-refractivity contribution in [2.75, 3.05) is 37.3 Å². The normalized spacial score (nSPS) is 17.8. The number of hydrogen-bond donors (Lipinski definition) is 2. The van der Waals surface area contributed by atoms with E-state index < -0.39 is 0 Å². The SMILES string of the molecule is CNc1nc(C2CCCCN2C(=O)CCNc2nc(C)cc(C)n2)nc2c1CCN(C(C)=O)C2. The molecule has 1 fully saturated rings. The van der Waals surface area contributed by atoms with Crippen molar-refractivity contribution in [2.45, 2.75) is 65.5 Å². The van der Waals surface area contributed by atoms with Crippen molar-refractivity contribution in [1.29, 1.82) is 0 Å². The average Bonchev–Trinajstić information content (AvgIpc) is 2.82. The third-order valence-corrected chi connectivity index (χ3v) is 6.49. The summed E-state index contributed by atoms with van der Waals surface area (Å²) in [6, 6.07) is 1.76. The Morgan fingerprint density at radius 2 is 1.85 bits per heavy atom. The van der Waals surface area contributed by atoms with E-state index in [2.05, 4.69) is 20.6 Å². The van der Waals surface area contributed by atoms with E-state index in [1.807, 2.05) is 36.8 Å².